The minimum absolute atomic E-state index is 0.0673. The summed E-state index contributed by atoms with van der Waals surface area (Å²) in [6.45, 7) is 1.63. The molecule has 16 heavy (non-hydrogen) atoms. The number of hydrogen-bond acceptors (Lipinski definition) is 3. The molecule has 1 atom stereocenters. The molecular weight excluding hydrogens is 211 g/mol. The summed E-state index contributed by atoms with van der Waals surface area (Å²) in [7, 11) is 0. The van der Waals surface area contributed by atoms with Crippen LogP contribution in [0, 0.1) is 0 Å². The molecule has 0 aliphatic carbocycles. The minimum Gasteiger partial charge on any atom is -0.463 e. The van der Waals surface area contributed by atoms with Crippen molar-refractivity contribution in [2.75, 3.05) is 6.61 Å². The van der Waals surface area contributed by atoms with Gasteiger partial charge < -0.3 is 4.74 Å². The first-order chi connectivity index (χ1) is 7.65. The molecule has 0 unspecified atom stereocenters. The molecule has 1 aromatic carbocycles. The molecule has 0 fully saturated rings. The van der Waals surface area contributed by atoms with Crippen LogP contribution in [0.25, 0.3) is 0 Å². The first-order valence-electron chi connectivity index (χ1n) is 5.02. The second-order valence-electron chi connectivity index (χ2n) is 3.24. The fourth-order valence-corrected chi connectivity index (χ4v) is 1.23. The fraction of sp³-hybridized carbons (Fsp3) is 0.333. The van der Waals surface area contributed by atoms with E-state index in [0.29, 0.717) is 5.56 Å². The second-order valence-corrected chi connectivity index (χ2v) is 3.24. The van der Waals surface area contributed by atoms with Crippen LogP contribution in [-0.2, 0) is 20.7 Å². The molecule has 1 aromatic rings. The lowest BCUT2D eigenvalue weighted by molar-refractivity contribution is -0.152. The molecule has 0 N–H and O–H groups in total. The first-order valence-corrected chi connectivity index (χ1v) is 5.02. The summed E-state index contributed by atoms with van der Waals surface area (Å²) < 4.78 is 17.7. The van der Waals surface area contributed by atoms with Crippen LogP contribution in [0.4, 0.5) is 4.39 Å². The molecule has 0 aromatic heterocycles. The van der Waals surface area contributed by atoms with Gasteiger partial charge in [-0.25, -0.2) is 9.18 Å². The van der Waals surface area contributed by atoms with Crippen LogP contribution in [0.5, 0.6) is 0 Å². The molecule has 1 rings (SSSR count). The van der Waals surface area contributed by atoms with E-state index in [2.05, 4.69) is 4.74 Å². The Balaban J connectivity index is 2.56. The molecule has 0 amide bonds. The average molecular weight is 224 g/mol. The molecule has 3 nitrogen and oxygen atoms in total. The van der Waals surface area contributed by atoms with Crippen molar-refractivity contribution in [3.05, 3.63) is 35.9 Å². The molecule has 0 bridgehead atoms. The van der Waals surface area contributed by atoms with Gasteiger partial charge in [0.1, 0.15) is 0 Å². The van der Waals surface area contributed by atoms with Gasteiger partial charge in [0.25, 0.3) is 6.17 Å². The van der Waals surface area contributed by atoms with Gasteiger partial charge in [-0.2, -0.15) is 0 Å². The molecule has 0 aliphatic heterocycles. The monoisotopic (exact) mass is 224 g/mol. The lowest BCUT2D eigenvalue weighted by atomic mass is 10.1. The Kier molecular flexibility index (Phi) is 4.64. The number of ketones is 1. The van der Waals surface area contributed by atoms with Crippen LogP contribution < -0.4 is 0 Å². The van der Waals surface area contributed by atoms with E-state index in [-0.39, 0.29) is 13.0 Å². The third-order valence-corrected chi connectivity index (χ3v) is 2.00. The number of carbonyl (C=O) groups is 2. The van der Waals surface area contributed by atoms with Crippen molar-refractivity contribution in [3.8, 4) is 0 Å². The highest BCUT2D eigenvalue weighted by atomic mass is 19.1. The molecule has 4 heteroatoms. The highest BCUT2D eigenvalue weighted by molar-refractivity contribution is 6.02. The van der Waals surface area contributed by atoms with E-state index in [1.165, 1.54) is 0 Å². The van der Waals surface area contributed by atoms with E-state index in [9.17, 15) is 14.0 Å². The van der Waals surface area contributed by atoms with Gasteiger partial charge in [0, 0.05) is 6.42 Å². The molecular formula is C12H13FO3. The van der Waals surface area contributed by atoms with E-state index in [1.54, 1.807) is 37.3 Å². The summed E-state index contributed by atoms with van der Waals surface area (Å²) in [5, 5.41) is 0. The first kappa shape index (κ1) is 12.4. The largest absolute Gasteiger partial charge is 0.463 e. The number of ether oxygens (including phenoxy) is 1. The summed E-state index contributed by atoms with van der Waals surface area (Å²) in [6.07, 6.45) is -2.28. The predicted octanol–water partition coefficient (Wildman–Crippen LogP) is 1.70. The van der Waals surface area contributed by atoms with Crippen molar-refractivity contribution in [1.29, 1.82) is 0 Å². The van der Waals surface area contributed by atoms with Crippen molar-refractivity contribution in [2.24, 2.45) is 0 Å². The molecule has 86 valence electrons. The summed E-state index contributed by atoms with van der Waals surface area (Å²) in [6, 6.07) is 8.71. The van der Waals surface area contributed by atoms with Crippen LogP contribution in [0.3, 0.4) is 0 Å². The SMILES string of the molecule is CCOC(=O)[C@@H](F)C(=O)Cc1ccccc1. The lowest BCUT2D eigenvalue weighted by Crippen LogP contribution is -2.29. The normalized spacial score (nSPS) is 11.9. The smallest absolute Gasteiger partial charge is 0.348 e. The minimum atomic E-state index is -2.18. The summed E-state index contributed by atoms with van der Waals surface area (Å²) in [4.78, 5) is 22.3. The van der Waals surface area contributed by atoms with Gasteiger partial charge in [0.15, 0.2) is 5.78 Å². The van der Waals surface area contributed by atoms with Gasteiger partial charge in [-0.05, 0) is 12.5 Å². The van der Waals surface area contributed by atoms with Gasteiger partial charge in [0.2, 0.25) is 0 Å². The van der Waals surface area contributed by atoms with Crippen molar-refractivity contribution >= 4 is 11.8 Å². The van der Waals surface area contributed by atoms with Gasteiger partial charge in [-0.1, -0.05) is 30.3 Å². The Morgan fingerprint density at radius 3 is 2.50 bits per heavy atom. The standard InChI is InChI=1S/C12H13FO3/c1-2-16-12(15)11(13)10(14)8-9-6-4-3-5-7-9/h3-7,11H,2,8H2,1H3/t11-/m0/s1. The molecule has 0 heterocycles. The highest BCUT2D eigenvalue weighted by Gasteiger charge is 2.26. The number of halogens is 1. The second kappa shape index (κ2) is 6.00. The summed E-state index contributed by atoms with van der Waals surface area (Å²) >= 11 is 0. The van der Waals surface area contributed by atoms with Crippen molar-refractivity contribution in [1.82, 2.24) is 0 Å². The third-order valence-electron chi connectivity index (χ3n) is 2.00. The van der Waals surface area contributed by atoms with E-state index >= 15 is 0 Å². The van der Waals surface area contributed by atoms with Crippen molar-refractivity contribution in [3.63, 3.8) is 0 Å². The number of Topliss-reactive ketones (excluding diaryl/α,β-unsaturated/α-hetero) is 1. The average Bonchev–Trinajstić information content (AvgIpc) is 2.29. The van der Waals surface area contributed by atoms with Gasteiger partial charge >= 0.3 is 5.97 Å². The van der Waals surface area contributed by atoms with Gasteiger partial charge in [-0.3, -0.25) is 4.79 Å². The Morgan fingerprint density at radius 1 is 1.31 bits per heavy atom. The third kappa shape index (κ3) is 3.46. The van der Waals surface area contributed by atoms with E-state index < -0.39 is 17.9 Å². The number of carbonyl (C=O) groups excluding carboxylic acids is 2. The Labute approximate surface area is 93.2 Å². The van der Waals surface area contributed by atoms with Crippen LogP contribution in [0.2, 0.25) is 0 Å². The van der Waals surface area contributed by atoms with Crippen molar-refractivity contribution < 1.29 is 18.7 Å². The maximum absolute atomic E-state index is 13.2. The lowest BCUT2D eigenvalue weighted by Gasteiger charge is -2.06. The zero-order valence-electron chi connectivity index (χ0n) is 8.98. The van der Waals surface area contributed by atoms with Crippen LogP contribution in [-0.4, -0.2) is 24.5 Å². The van der Waals surface area contributed by atoms with E-state index in [0.717, 1.165) is 0 Å². The van der Waals surface area contributed by atoms with E-state index in [1.807, 2.05) is 0 Å². The maximum atomic E-state index is 13.2. The van der Waals surface area contributed by atoms with Gasteiger partial charge in [0.05, 0.1) is 6.61 Å². The number of esters is 1. The topological polar surface area (TPSA) is 43.4 Å². The van der Waals surface area contributed by atoms with Gasteiger partial charge in [-0.15, -0.1) is 0 Å². The number of rotatable bonds is 5. The van der Waals surface area contributed by atoms with Crippen LogP contribution >= 0.6 is 0 Å². The predicted molar refractivity (Wildman–Crippen MR) is 56.7 cm³/mol. The number of hydrogen-bond donors (Lipinski definition) is 0. The zero-order chi connectivity index (χ0) is 12.0. The summed E-state index contributed by atoms with van der Waals surface area (Å²) in [5.41, 5.74) is 0.680. The Morgan fingerprint density at radius 2 is 1.94 bits per heavy atom. The highest BCUT2D eigenvalue weighted by Crippen LogP contribution is 2.05. The van der Waals surface area contributed by atoms with Crippen LogP contribution in [0.1, 0.15) is 12.5 Å². The number of alkyl halides is 1. The molecule has 0 saturated carbocycles. The molecule has 0 aliphatic rings. The fourth-order valence-electron chi connectivity index (χ4n) is 1.23. The van der Waals surface area contributed by atoms with E-state index in [4.69, 9.17) is 0 Å². The number of benzene rings is 1. The molecule has 0 spiro atoms. The Hall–Kier alpha value is -1.71. The molecule has 0 radical (unpaired) electrons. The molecule has 0 saturated heterocycles. The maximum Gasteiger partial charge on any atom is 0.348 e. The van der Waals surface area contributed by atoms with Crippen molar-refractivity contribution in [2.45, 2.75) is 19.5 Å². The quantitative estimate of drug-likeness (QED) is 0.564. The summed E-state index contributed by atoms with van der Waals surface area (Å²) in [5.74, 6) is -1.88. The zero-order valence-corrected chi connectivity index (χ0v) is 8.98. The Bertz CT molecular complexity index is 362. The van der Waals surface area contributed by atoms with Crippen LogP contribution in [0.15, 0.2) is 30.3 Å².